The van der Waals surface area contributed by atoms with Crippen molar-refractivity contribution in [2.45, 2.75) is 13.1 Å². The smallest absolute Gasteiger partial charge is 0.0534 e. The van der Waals surface area contributed by atoms with Gasteiger partial charge in [0.15, 0.2) is 0 Å². The molecule has 0 saturated carbocycles. The SMILES string of the molecule is c1cncc(CNCCn2cccn2)c1. The molecule has 0 aliphatic rings. The van der Waals surface area contributed by atoms with Crippen LogP contribution in [-0.4, -0.2) is 21.3 Å². The van der Waals surface area contributed by atoms with Crippen molar-refractivity contribution in [2.75, 3.05) is 6.54 Å². The van der Waals surface area contributed by atoms with Crippen molar-refractivity contribution in [1.29, 1.82) is 0 Å². The second-order valence-corrected chi connectivity index (χ2v) is 3.31. The van der Waals surface area contributed by atoms with E-state index in [1.807, 2.05) is 29.2 Å². The van der Waals surface area contributed by atoms with Gasteiger partial charge in [-0.3, -0.25) is 9.67 Å². The summed E-state index contributed by atoms with van der Waals surface area (Å²) in [6.07, 6.45) is 7.42. The minimum Gasteiger partial charge on any atom is -0.311 e. The highest BCUT2D eigenvalue weighted by molar-refractivity contribution is 5.07. The number of pyridine rings is 1. The van der Waals surface area contributed by atoms with Gasteiger partial charge in [0, 0.05) is 37.9 Å². The third kappa shape index (κ3) is 3.18. The summed E-state index contributed by atoms with van der Waals surface area (Å²) in [5.41, 5.74) is 1.21. The highest BCUT2D eigenvalue weighted by Gasteiger charge is 1.92. The van der Waals surface area contributed by atoms with Crippen molar-refractivity contribution in [2.24, 2.45) is 0 Å². The van der Waals surface area contributed by atoms with Crippen LogP contribution < -0.4 is 5.32 Å². The summed E-state index contributed by atoms with van der Waals surface area (Å²) < 4.78 is 1.91. The Hall–Kier alpha value is -1.68. The highest BCUT2D eigenvalue weighted by atomic mass is 15.3. The van der Waals surface area contributed by atoms with E-state index < -0.39 is 0 Å². The van der Waals surface area contributed by atoms with Gasteiger partial charge in [0.1, 0.15) is 0 Å². The van der Waals surface area contributed by atoms with Crippen LogP contribution >= 0.6 is 0 Å². The number of nitrogens with one attached hydrogen (secondary N) is 1. The lowest BCUT2D eigenvalue weighted by atomic mass is 10.3. The lowest BCUT2D eigenvalue weighted by molar-refractivity contribution is 0.554. The third-order valence-corrected chi connectivity index (χ3v) is 2.13. The molecular formula is C11H14N4. The zero-order valence-electron chi connectivity index (χ0n) is 8.50. The predicted molar refractivity (Wildman–Crippen MR) is 58.2 cm³/mol. The molecule has 2 rings (SSSR count). The van der Waals surface area contributed by atoms with Gasteiger partial charge >= 0.3 is 0 Å². The average molecular weight is 202 g/mol. The van der Waals surface area contributed by atoms with E-state index in [9.17, 15) is 0 Å². The van der Waals surface area contributed by atoms with Crippen LogP contribution in [-0.2, 0) is 13.1 Å². The average Bonchev–Trinajstić information content (AvgIpc) is 2.79. The van der Waals surface area contributed by atoms with E-state index in [0.29, 0.717) is 0 Å². The molecule has 1 N–H and O–H groups in total. The number of nitrogens with zero attached hydrogens (tertiary/aromatic N) is 3. The monoisotopic (exact) mass is 202 g/mol. The molecule has 2 aromatic heterocycles. The summed E-state index contributed by atoms with van der Waals surface area (Å²) in [5, 5.41) is 7.46. The summed E-state index contributed by atoms with van der Waals surface area (Å²) in [7, 11) is 0. The molecular weight excluding hydrogens is 188 g/mol. The minimum absolute atomic E-state index is 0.856. The molecule has 0 saturated heterocycles. The Morgan fingerprint density at radius 1 is 1.27 bits per heavy atom. The molecule has 0 radical (unpaired) electrons. The van der Waals surface area contributed by atoms with Crippen LogP contribution in [0.15, 0.2) is 43.0 Å². The number of rotatable bonds is 5. The first-order valence-corrected chi connectivity index (χ1v) is 5.02. The van der Waals surface area contributed by atoms with Crippen LogP contribution in [0.4, 0.5) is 0 Å². The van der Waals surface area contributed by atoms with Gasteiger partial charge in [-0.2, -0.15) is 5.10 Å². The Morgan fingerprint density at radius 3 is 3.00 bits per heavy atom. The summed E-state index contributed by atoms with van der Waals surface area (Å²) in [6, 6.07) is 5.94. The first kappa shape index (κ1) is 9.86. The lowest BCUT2D eigenvalue weighted by Gasteiger charge is -2.04. The van der Waals surface area contributed by atoms with Crippen molar-refractivity contribution in [3.05, 3.63) is 48.5 Å². The summed E-state index contributed by atoms with van der Waals surface area (Å²) in [5.74, 6) is 0. The van der Waals surface area contributed by atoms with Crippen LogP contribution in [0.3, 0.4) is 0 Å². The van der Waals surface area contributed by atoms with Crippen LogP contribution in [0.2, 0.25) is 0 Å². The van der Waals surface area contributed by atoms with Crippen LogP contribution in [0, 0.1) is 0 Å². The van der Waals surface area contributed by atoms with E-state index in [0.717, 1.165) is 19.6 Å². The number of hydrogen-bond acceptors (Lipinski definition) is 3. The summed E-state index contributed by atoms with van der Waals surface area (Å²) >= 11 is 0. The molecule has 0 bridgehead atoms. The molecule has 0 fully saturated rings. The van der Waals surface area contributed by atoms with Crippen molar-refractivity contribution < 1.29 is 0 Å². The Balaban J connectivity index is 1.68. The van der Waals surface area contributed by atoms with Crippen molar-refractivity contribution >= 4 is 0 Å². The molecule has 0 aliphatic carbocycles. The quantitative estimate of drug-likeness (QED) is 0.737. The van der Waals surface area contributed by atoms with Gasteiger partial charge in [0.05, 0.1) is 6.54 Å². The van der Waals surface area contributed by atoms with Gasteiger partial charge in [0.25, 0.3) is 0 Å². The molecule has 78 valence electrons. The molecule has 4 nitrogen and oxygen atoms in total. The molecule has 0 spiro atoms. The van der Waals surface area contributed by atoms with E-state index in [1.165, 1.54) is 5.56 Å². The van der Waals surface area contributed by atoms with Crippen molar-refractivity contribution in [3.8, 4) is 0 Å². The van der Waals surface area contributed by atoms with Gasteiger partial charge in [-0.05, 0) is 17.7 Å². The molecule has 0 aromatic carbocycles. The molecule has 2 heterocycles. The second kappa shape index (κ2) is 5.26. The van der Waals surface area contributed by atoms with E-state index in [-0.39, 0.29) is 0 Å². The van der Waals surface area contributed by atoms with Crippen molar-refractivity contribution in [1.82, 2.24) is 20.1 Å². The summed E-state index contributed by atoms with van der Waals surface area (Å²) in [4.78, 5) is 4.06. The highest BCUT2D eigenvalue weighted by Crippen LogP contribution is 1.93. The fourth-order valence-corrected chi connectivity index (χ4v) is 1.36. The summed E-state index contributed by atoms with van der Waals surface area (Å²) in [6.45, 7) is 2.67. The van der Waals surface area contributed by atoms with Crippen LogP contribution in [0.25, 0.3) is 0 Å². The second-order valence-electron chi connectivity index (χ2n) is 3.31. The van der Waals surface area contributed by atoms with E-state index >= 15 is 0 Å². The van der Waals surface area contributed by atoms with Gasteiger partial charge in [-0.1, -0.05) is 6.07 Å². The van der Waals surface area contributed by atoms with E-state index in [4.69, 9.17) is 0 Å². The molecule has 0 atom stereocenters. The maximum Gasteiger partial charge on any atom is 0.0534 e. The fraction of sp³-hybridized carbons (Fsp3) is 0.273. The first-order chi connectivity index (χ1) is 7.45. The molecule has 0 aliphatic heterocycles. The largest absolute Gasteiger partial charge is 0.311 e. The maximum atomic E-state index is 4.13. The zero-order chi connectivity index (χ0) is 10.3. The molecule has 0 unspecified atom stereocenters. The molecule has 4 heteroatoms. The van der Waals surface area contributed by atoms with Crippen LogP contribution in [0.5, 0.6) is 0 Å². The third-order valence-electron chi connectivity index (χ3n) is 2.13. The normalized spacial score (nSPS) is 10.4. The molecule has 15 heavy (non-hydrogen) atoms. The van der Waals surface area contributed by atoms with Gasteiger partial charge in [-0.15, -0.1) is 0 Å². The standard InChI is InChI=1S/C11H14N4/c1-3-11(9-12-4-1)10-13-6-8-15-7-2-5-14-15/h1-5,7,9,13H,6,8,10H2. The Bertz CT molecular complexity index is 369. The predicted octanol–water partition coefficient (Wildman–Crippen LogP) is 1.07. The topological polar surface area (TPSA) is 42.7 Å². The Labute approximate surface area is 89.0 Å². The zero-order valence-corrected chi connectivity index (χ0v) is 8.50. The first-order valence-electron chi connectivity index (χ1n) is 5.02. The molecule has 0 amide bonds. The van der Waals surface area contributed by atoms with E-state index in [1.54, 1.807) is 12.4 Å². The lowest BCUT2D eigenvalue weighted by Crippen LogP contribution is -2.19. The number of aromatic nitrogens is 3. The molecule has 2 aromatic rings. The maximum absolute atomic E-state index is 4.13. The fourth-order valence-electron chi connectivity index (χ4n) is 1.36. The van der Waals surface area contributed by atoms with Gasteiger partial charge < -0.3 is 5.32 Å². The minimum atomic E-state index is 0.856. The van der Waals surface area contributed by atoms with Crippen LogP contribution in [0.1, 0.15) is 5.56 Å². The van der Waals surface area contributed by atoms with Gasteiger partial charge in [-0.25, -0.2) is 0 Å². The Morgan fingerprint density at radius 2 is 2.27 bits per heavy atom. The Kier molecular flexibility index (Phi) is 3.46. The number of hydrogen-bond donors (Lipinski definition) is 1. The van der Waals surface area contributed by atoms with Gasteiger partial charge in [0.2, 0.25) is 0 Å². The van der Waals surface area contributed by atoms with E-state index in [2.05, 4.69) is 21.5 Å². The van der Waals surface area contributed by atoms with Crippen molar-refractivity contribution in [3.63, 3.8) is 0 Å².